The number of allylic oxidation sites excluding steroid dienone is 2. The lowest BCUT2D eigenvalue weighted by Gasteiger charge is -2.30. The number of amides is 1. The van der Waals surface area contributed by atoms with Crippen LogP contribution in [0, 0.1) is 0 Å². The molecule has 0 radical (unpaired) electrons. The lowest BCUT2D eigenvalue weighted by Crippen LogP contribution is -2.40. The molecule has 3 nitrogen and oxygen atoms in total. The second-order valence-corrected chi connectivity index (χ2v) is 6.56. The van der Waals surface area contributed by atoms with E-state index in [1.165, 1.54) is 0 Å². The average Bonchev–Trinajstić information content (AvgIpc) is 2.86. The minimum Gasteiger partial charge on any atom is -0.497 e. The first kappa shape index (κ1) is 15.0. The number of carbonyl (C=O) groups is 1. The first-order chi connectivity index (χ1) is 11.7. The van der Waals surface area contributed by atoms with Crippen LogP contribution in [0.4, 0.5) is 5.69 Å². The van der Waals surface area contributed by atoms with E-state index in [2.05, 4.69) is 30.4 Å². The molecule has 1 unspecified atom stereocenters. The molecule has 2 aliphatic rings. The van der Waals surface area contributed by atoms with Gasteiger partial charge < -0.3 is 9.64 Å². The number of hydrogen-bond acceptors (Lipinski definition) is 2. The fraction of sp³-hybridized carbons (Fsp3) is 0.286. The van der Waals surface area contributed by atoms with E-state index >= 15 is 0 Å². The van der Waals surface area contributed by atoms with Gasteiger partial charge in [-0.25, -0.2) is 0 Å². The summed E-state index contributed by atoms with van der Waals surface area (Å²) in [5.41, 5.74) is 2.87. The molecule has 2 aromatic rings. The number of hydrogen-bond donors (Lipinski definition) is 0. The maximum atomic E-state index is 13.4. The van der Waals surface area contributed by atoms with Crippen molar-refractivity contribution in [2.75, 3.05) is 12.0 Å². The number of rotatable bonds is 3. The van der Waals surface area contributed by atoms with Crippen LogP contribution in [0.5, 0.6) is 5.75 Å². The molecule has 1 aliphatic carbocycles. The van der Waals surface area contributed by atoms with Gasteiger partial charge in [0, 0.05) is 5.69 Å². The predicted molar refractivity (Wildman–Crippen MR) is 95.3 cm³/mol. The molecule has 0 fully saturated rings. The second-order valence-electron chi connectivity index (χ2n) is 6.56. The zero-order valence-corrected chi connectivity index (χ0v) is 13.9. The van der Waals surface area contributed by atoms with Crippen LogP contribution in [0.2, 0.25) is 0 Å². The Morgan fingerprint density at radius 1 is 1.12 bits per heavy atom. The van der Waals surface area contributed by atoms with Crippen molar-refractivity contribution in [3.8, 4) is 5.75 Å². The summed E-state index contributed by atoms with van der Waals surface area (Å²) in [7, 11) is 1.67. The zero-order valence-electron chi connectivity index (χ0n) is 13.9. The first-order valence-electron chi connectivity index (χ1n) is 8.44. The molecule has 0 saturated carbocycles. The highest BCUT2D eigenvalue weighted by Gasteiger charge is 2.50. The monoisotopic (exact) mass is 319 g/mol. The van der Waals surface area contributed by atoms with E-state index in [4.69, 9.17) is 4.74 Å². The standard InChI is InChI=1S/C21H21NO2/c1-24-17-10-11-19-18(14-17)21(12-6-3-7-13-21)20(23)22(19)15-16-8-4-2-5-9-16/h2-6,8-11,14H,7,12-13,15H2,1H3. The van der Waals surface area contributed by atoms with E-state index in [0.717, 1.165) is 41.8 Å². The Morgan fingerprint density at radius 3 is 2.67 bits per heavy atom. The number of benzene rings is 2. The number of anilines is 1. The Morgan fingerprint density at radius 2 is 1.96 bits per heavy atom. The molecule has 0 saturated heterocycles. The highest BCUT2D eigenvalue weighted by molar-refractivity contribution is 6.08. The fourth-order valence-electron chi connectivity index (χ4n) is 3.94. The van der Waals surface area contributed by atoms with Crippen LogP contribution in [0.15, 0.2) is 60.7 Å². The molecule has 4 rings (SSSR count). The quantitative estimate of drug-likeness (QED) is 0.793. The molecule has 0 bridgehead atoms. The van der Waals surface area contributed by atoms with Gasteiger partial charge in [-0.1, -0.05) is 42.5 Å². The van der Waals surface area contributed by atoms with Crippen molar-refractivity contribution in [1.29, 1.82) is 0 Å². The molecule has 0 aromatic heterocycles. The second kappa shape index (κ2) is 5.82. The highest BCUT2D eigenvalue weighted by atomic mass is 16.5. The van der Waals surface area contributed by atoms with Crippen molar-refractivity contribution >= 4 is 11.6 Å². The summed E-state index contributed by atoms with van der Waals surface area (Å²) in [6.45, 7) is 0.616. The molecular formula is C21H21NO2. The van der Waals surface area contributed by atoms with Gasteiger partial charge in [-0.15, -0.1) is 0 Å². The Kier molecular flexibility index (Phi) is 3.64. The molecule has 122 valence electrons. The molecule has 0 N–H and O–H groups in total. The van der Waals surface area contributed by atoms with Crippen LogP contribution in [0.1, 0.15) is 30.4 Å². The maximum Gasteiger partial charge on any atom is 0.238 e. The molecule has 1 spiro atoms. The summed E-state index contributed by atoms with van der Waals surface area (Å²) >= 11 is 0. The van der Waals surface area contributed by atoms with Crippen LogP contribution in [-0.4, -0.2) is 13.0 Å². The van der Waals surface area contributed by atoms with Crippen molar-refractivity contribution in [3.05, 3.63) is 71.8 Å². The van der Waals surface area contributed by atoms with E-state index < -0.39 is 5.41 Å². The molecule has 1 atom stereocenters. The Balaban J connectivity index is 1.80. The minimum absolute atomic E-state index is 0.221. The number of carbonyl (C=O) groups excluding carboxylic acids is 1. The molecule has 2 aromatic carbocycles. The van der Waals surface area contributed by atoms with E-state index in [1.54, 1.807) is 7.11 Å². The van der Waals surface area contributed by atoms with Crippen molar-refractivity contribution < 1.29 is 9.53 Å². The summed E-state index contributed by atoms with van der Waals surface area (Å²) in [6.07, 6.45) is 6.92. The summed E-state index contributed by atoms with van der Waals surface area (Å²) in [4.78, 5) is 15.3. The van der Waals surface area contributed by atoms with Gasteiger partial charge in [-0.2, -0.15) is 0 Å². The Hall–Kier alpha value is -2.55. The summed E-state index contributed by atoms with van der Waals surface area (Å²) < 4.78 is 5.41. The third-order valence-electron chi connectivity index (χ3n) is 5.22. The van der Waals surface area contributed by atoms with Gasteiger partial charge >= 0.3 is 0 Å². The highest BCUT2D eigenvalue weighted by Crippen LogP contribution is 2.50. The summed E-state index contributed by atoms with van der Waals surface area (Å²) in [5.74, 6) is 1.04. The smallest absolute Gasteiger partial charge is 0.238 e. The maximum absolute atomic E-state index is 13.4. The van der Waals surface area contributed by atoms with Gasteiger partial charge in [-0.05, 0) is 48.6 Å². The number of fused-ring (bicyclic) bond motifs is 2. The van der Waals surface area contributed by atoms with E-state index in [1.807, 2.05) is 35.2 Å². The van der Waals surface area contributed by atoms with Gasteiger partial charge in [0.1, 0.15) is 5.75 Å². The zero-order chi connectivity index (χ0) is 16.6. The van der Waals surface area contributed by atoms with Crippen LogP contribution in [-0.2, 0) is 16.8 Å². The molecular weight excluding hydrogens is 298 g/mol. The lowest BCUT2D eigenvalue weighted by atomic mass is 9.72. The summed E-state index contributed by atoms with van der Waals surface area (Å²) in [5, 5.41) is 0. The molecule has 1 amide bonds. The van der Waals surface area contributed by atoms with E-state index in [9.17, 15) is 4.79 Å². The van der Waals surface area contributed by atoms with Gasteiger partial charge in [0.05, 0.1) is 19.1 Å². The third kappa shape index (κ3) is 2.23. The lowest BCUT2D eigenvalue weighted by molar-refractivity contribution is -0.123. The number of methoxy groups -OCH3 is 1. The minimum atomic E-state index is -0.423. The molecule has 1 heterocycles. The van der Waals surface area contributed by atoms with Crippen LogP contribution in [0.3, 0.4) is 0 Å². The van der Waals surface area contributed by atoms with Gasteiger partial charge in [-0.3, -0.25) is 4.79 Å². The largest absolute Gasteiger partial charge is 0.497 e. The van der Waals surface area contributed by atoms with Crippen molar-refractivity contribution in [2.24, 2.45) is 0 Å². The van der Waals surface area contributed by atoms with Gasteiger partial charge in [0.2, 0.25) is 5.91 Å². The van der Waals surface area contributed by atoms with Crippen molar-refractivity contribution in [2.45, 2.75) is 31.2 Å². The Labute approximate surface area is 142 Å². The fourth-order valence-corrected chi connectivity index (χ4v) is 3.94. The van der Waals surface area contributed by atoms with E-state index in [0.29, 0.717) is 6.54 Å². The van der Waals surface area contributed by atoms with Crippen LogP contribution < -0.4 is 9.64 Å². The molecule has 24 heavy (non-hydrogen) atoms. The van der Waals surface area contributed by atoms with Crippen molar-refractivity contribution in [1.82, 2.24) is 0 Å². The SMILES string of the molecule is COc1ccc2c(c1)C1(CC=CCC1)C(=O)N2Cc1ccccc1. The van der Waals surface area contributed by atoms with Gasteiger partial charge in [0.15, 0.2) is 0 Å². The number of nitrogens with zero attached hydrogens (tertiary/aromatic N) is 1. The third-order valence-corrected chi connectivity index (χ3v) is 5.22. The molecule has 1 aliphatic heterocycles. The Bertz CT molecular complexity index is 797. The average molecular weight is 319 g/mol. The summed E-state index contributed by atoms with van der Waals surface area (Å²) in [6, 6.07) is 16.2. The normalized spacial score (nSPS) is 22.0. The van der Waals surface area contributed by atoms with Crippen molar-refractivity contribution in [3.63, 3.8) is 0 Å². The van der Waals surface area contributed by atoms with Crippen LogP contribution in [0.25, 0.3) is 0 Å². The van der Waals surface area contributed by atoms with Crippen LogP contribution >= 0.6 is 0 Å². The van der Waals surface area contributed by atoms with E-state index in [-0.39, 0.29) is 5.91 Å². The predicted octanol–water partition coefficient (Wildman–Crippen LogP) is 4.22. The topological polar surface area (TPSA) is 29.5 Å². The first-order valence-corrected chi connectivity index (χ1v) is 8.44. The van der Waals surface area contributed by atoms with Gasteiger partial charge in [0.25, 0.3) is 0 Å². The number of ether oxygens (including phenoxy) is 1. The molecule has 3 heteroatoms.